The van der Waals surface area contributed by atoms with E-state index in [2.05, 4.69) is 194 Å². The molecule has 0 bridgehead atoms. The lowest BCUT2D eigenvalue weighted by Crippen LogP contribution is -2.35. The first-order valence-electron chi connectivity index (χ1n) is 15.4. The minimum Gasteiger partial charge on any atom is -0.0624 e. The Kier molecular flexibility index (Phi) is 9.60. The van der Waals surface area contributed by atoms with Crippen molar-refractivity contribution >= 4 is 35.7 Å². The Morgan fingerprint density at radius 2 is 0.581 bits per heavy atom. The van der Waals surface area contributed by atoms with Gasteiger partial charge in [0, 0.05) is 6.42 Å². The van der Waals surface area contributed by atoms with Crippen LogP contribution in [0, 0.1) is 0 Å². The van der Waals surface area contributed by atoms with Gasteiger partial charge in [0.15, 0.2) is 0 Å². The monoisotopic (exact) mass is 594 g/mol. The third-order valence-corrected chi connectivity index (χ3v) is 18.5. The molecule has 0 nitrogen and oxygen atoms in total. The third kappa shape index (κ3) is 6.15. The van der Waals surface area contributed by atoms with Gasteiger partial charge in [0.05, 0.1) is 26.8 Å². The van der Waals surface area contributed by atoms with Crippen molar-refractivity contribution in [2.45, 2.75) is 17.7 Å². The van der Waals surface area contributed by atoms with Gasteiger partial charge in [-0.2, -0.15) is 0 Å². The summed E-state index contributed by atoms with van der Waals surface area (Å²) in [7, 11) is -3.73. The summed E-state index contributed by atoms with van der Waals surface area (Å²) < 4.78 is 0. The molecule has 6 rings (SSSR count). The second kappa shape index (κ2) is 14.1. The van der Waals surface area contributed by atoms with Gasteiger partial charge in [0.1, 0.15) is 32.5 Å². The molecule has 0 aliphatic heterocycles. The van der Waals surface area contributed by atoms with E-state index in [1.54, 1.807) is 0 Å². The zero-order chi connectivity index (χ0) is 29.2. The van der Waals surface area contributed by atoms with Crippen molar-refractivity contribution in [2.24, 2.45) is 0 Å². The number of allylic oxidation sites excluding steroid dienone is 12. The summed E-state index contributed by atoms with van der Waals surface area (Å²) in [5.41, 5.74) is 0.686. The van der Waals surface area contributed by atoms with Crippen LogP contribution in [0.3, 0.4) is 0 Å². The lowest BCUT2D eigenvalue weighted by molar-refractivity contribution is 1.08. The fourth-order valence-electron chi connectivity index (χ4n) is 6.83. The van der Waals surface area contributed by atoms with Crippen LogP contribution in [-0.2, 0) is 0 Å². The molecule has 0 N–H and O–H groups in total. The van der Waals surface area contributed by atoms with E-state index < -0.39 is 14.5 Å². The molecule has 43 heavy (non-hydrogen) atoms. The quantitative estimate of drug-likeness (QED) is 0.161. The first-order chi connectivity index (χ1) is 21.3. The fraction of sp³-hybridized carbons (Fsp3) is 0.122. The molecule has 212 valence electrons. The Labute approximate surface area is 259 Å². The van der Waals surface area contributed by atoms with Gasteiger partial charge in [-0.15, -0.1) is 0 Å². The molecule has 0 atom stereocenters. The van der Waals surface area contributed by atoms with Crippen molar-refractivity contribution in [1.82, 2.24) is 0 Å². The lowest BCUT2D eigenvalue weighted by Gasteiger charge is -2.35. The van der Waals surface area contributed by atoms with Crippen LogP contribution in [0.1, 0.15) is 6.42 Å². The van der Waals surface area contributed by atoms with Crippen LogP contribution in [0.5, 0.6) is 0 Å². The first-order valence-corrected chi connectivity index (χ1v) is 19.4. The topological polar surface area (TPSA) is 0 Å². The van der Waals surface area contributed by atoms with Gasteiger partial charge in [0.25, 0.3) is 0 Å². The molecule has 0 amide bonds. The molecule has 0 spiro atoms. The Balaban J connectivity index is 1.49. The number of hydrogen-bond acceptors (Lipinski definition) is 0. The normalized spacial score (nSPS) is 15.4. The average Bonchev–Trinajstić information content (AvgIpc) is 3.54. The maximum Gasteiger partial charge on any atom is 0.116 e. The van der Waals surface area contributed by atoms with Gasteiger partial charge in [-0.25, -0.2) is 0 Å². The summed E-state index contributed by atoms with van der Waals surface area (Å²) in [6.45, 7) is 0. The van der Waals surface area contributed by atoms with E-state index in [0.717, 1.165) is 18.7 Å². The molecule has 0 aromatic heterocycles. The summed E-state index contributed by atoms with van der Waals surface area (Å²) >= 11 is 0. The summed E-state index contributed by atoms with van der Waals surface area (Å²) in [5, 5.41) is 5.96. The van der Waals surface area contributed by atoms with Crippen LogP contribution >= 0.6 is 14.5 Å². The van der Waals surface area contributed by atoms with Crippen molar-refractivity contribution in [3.63, 3.8) is 0 Å². The average molecular weight is 595 g/mol. The molecule has 0 heterocycles. The van der Waals surface area contributed by atoms with Gasteiger partial charge in [-0.1, -0.05) is 121 Å². The summed E-state index contributed by atoms with van der Waals surface area (Å²) in [5.74, 6) is 0. The third-order valence-electron chi connectivity index (χ3n) is 8.81. The maximum absolute atomic E-state index is 2.45. The zero-order valence-electron chi connectivity index (χ0n) is 24.6. The number of rotatable bonds is 10. The molecule has 0 radical (unpaired) electrons. The molecule has 2 aliphatic rings. The molecule has 0 saturated carbocycles. The maximum atomic E-state index is 2.45. The highest BCUT2D eigenvalue weighted by molar-refractivity contribution is 7.91. The smallest absolute Gasteiger partial charge is 0.0624 e. The molecule has 0 fully saturated rings. The van der Waals surface area contributed by atoms with E-state index in [-0.39, 0.29) is 0 Å². The SMILES string of the molecule is C1=CC=CC([P+](CCC[P+](c2ccccc2)(c2ccccc2)C2C=CC=CC=C2)(c2ccccc2)c2ccccc2)C=C1. The van der Waals surface area contributed by atoms with E-state index in [4.69, 9.17) is 0 Å². The van der Waals surface area contributed by atoms with Crippen molar-refractivity contribution < 1.29 is 0 Å². The highest BCUT2D eigenvalue weighted by Crippen LogP contribution is 2.66. The molecule has 0 saturated heterocycles. The predicted octanol–water partition coefficient (Wildman–Crippen LogP) is 8.82. The van der Waals surface area contributed by atoms with Crippen LogP contribution < -0.4 is 21.2 Å². The molecular weight excluding hydrogens is 554 g/mol. The van der Waals surface area contributed by atoms with Crippen LogP contribution in [0.2, 0.25) is 0 Å². The molecule has 2 aliphatic carbocycles. The summed E-state index contributed by atoms with van der Waals surface area (Å²) in [4.78, 5) is 0. The number of hydrogen-bond donors (Lipinski definition) is 0. The zero-order valence-corrected chi connectivity index (χ0v) is 26.4. The second-order valence-corrected chi connectivity index (χ2v) is 18.8. The molecular formula is C41H40P2+2. The van der Waals surface area contributed by atoms with Crippen LogP contribution in [0.25, 0.3) is 0 Å². The van der Waals surface area contributed by atoms with Crippen LogP contribution in [0.15, 0.2) is 194 Å². The van der Waals surface area contributed by atoms with Crippen molar-refractivity contribution in [3.05, 3.63) is 194 Å². The van der Waals surface area contributed by atoms with Gasteiger partial charge in [-0.3, -0.25) is 0 Å². The fourth-order valence-corrected chi connectivity index (χ4v) is 16.4. The summed E-state index contributed by atoms with van der Waals surface area (Å²) in [6, 6.07) is 45.6. The van der Waals surface area contributed by atoms with Crippen LogP contribution in [0.4, 0.5) is 0 Å². The minimum absolute atomic E-state index is 0.343. The molecule has 4 aromatic rings. The van der Waals surface area contributed by atoms with Crippen molar-refractivity contribution in [3.8, 4) is 0 Å². The number of benzene rings is 4. The summed E-state index contributed by atoms with van der Waals surface area (Å²) in [6.07, 6.45) is 30.9. The van der Waals surface area contributed by atoms with Gasteiger partial charge < -0.3 is 0 Å². The molecule has 4 aromatic carbocycles. The van der Waals surface area contributed by atoms with Crippen molar-refractivity contribution in [2.75, 3.05) is 12.3 Å². The largest absolute Gasteiger partial charge is 0.116 e. The Hall–Kier alpha value is -3.82. The molecule has 2 heteroatoms. The van der Waals surface area contributed by atoms with E-state index in [0.29, 0.717) is 11.3 Å². The Morgan fingerprint density at radius 3 is 0.837 bits per heavy atom. The lowest BCUT2D eigenvalue weighted by atomic mass is 10.3. The van der Waals surface area contributed by atoms with E-state index in [1.807, 2.05) is 0 Å². The van der Waals surface area contributed by atoms with E-state index in [1.165, 1.54) is 21.2 Å². The highest BCUT2D eigenvalue weighted by atomic mass is 31.2. The van der Waals surface area contributed by atoms with E-state index >= 15 is 0 Å². The predicted molar refractivity (Wildman–Crippen MR) is 195 cm³/mol. The van der Waals surface area contributed by atoms with E-state index in [9.17, 15) is 0 Å². The highest BCUT2D eigenvalue weighted by Gasteiger charge is 2.51. The van der Waals surface area contributed by atoms with Crippen LogP contribution in [-0.4, -0.2) is 23.6 Å². The standard InChI is InChI=1S/C41H40P2/c1-2-10-23-36(22-9-1)42(38-26-13-5-14-27-38,39-28-15-6-16-29-39)34-21-35-43(40-30-17-7-18-31-40,41-32-19-8-20-33-41)37-24-11-3-4-12-25-37/h1-20,22-33,36-37H,21,34-35H2/q+2. The van der Waals surface area contributed by atoms with Gasteiger partial charge >= 0.3 is 0 Å². The second-order valence-electron chi connectivity index (χ2n) is 11.2. The van der Waals surface area contributed by atoms with Gasteiger partial charge in [-0.05, 0) is 72.8 Å². The minimum atomic E-state index is -1.87. The van der Waals surface area contributed by atoms with Crippen molar-refractivity contribution in [1.29, 1.82) is 0 Å². The Morgan fingerprint density at radius 1 is 0.326 bits per heavy atom. The van der Waals surface area contributed by atoms with Gasteiger partial charge in [0.2, 0.25) is 0 Å². The Bertz CT molecular complexity index is 1390. The molecule has 0 unspecified atom stereocenters. The first kappa shape index (κ1) is 29.3.